The highest BCUT2D eigenvalue weighted by molar-refractivity contribution is 5.85. The van der Waals surface area contributed by atoms with Gasteiger partial charge >= 0.3 is 6.03 Å². The number of hydrogen-bond donors (Lipinski definition) is 2. The molecule has 1 aliphatic carbocycles. The number of hydrogen-bond acceptors (Lipinski definition) is 3. The maximum absolute atomic E-state index is 13.1. The number of halogens is 1. The van der Waals surface area contributed by atoms with Crippen molar-refractivity contribution in [1.29, 1.82) is 0 Å². The van der Waals surface area contributed by atoms with Crippen molar-refractivity contribution in [3.63, 3.8) is 0 Å². The molecule has 3 aliphatic rings. The number of nitrogens with one attached hydrogen (secondary N) is 2. The molecule has 2 heterocycles. The third-order valence-electron chi connectivity index (χ3n) is 5.96. The molecule has 2 saturated heterocycles. The van der Waals surface area contributed by atoms with Gasteiger partial charge in [0, 0.05) is 38.3 Å². The lowest BCUT2D eigenvalue weighted by Crippen LogP contribution is -2.53. The van der Waals surface area contributed by atoms with E-state index in [0.29, 0.717) is 18.6 Å². The first-order chi connectivity index (χ1) is 12.2. The third kappa shape index (κ3) is 5.26. The number of carbonyl (C=O) groups excluding carboxylic acids is 2. The Morgan fingerprint density at radius 2 is 1.92 bits per heavy atom. The fraction of sp³-hybridized carbons (Fsp3) is 0.895. The SMILES string of the molecule is CCCN(C(=O)C1CCCN(C(=O)NC2CCCC2)C1)C1CCNC1.Cl. The molecule has 6 nitrogen and oxygen atoms in total. The van der Waals surface area contributed by atoms with Crippen LogP contribution in [0.4, 0.5) is 4.79 Å². The number of rotatable bonds is 5. The lowest BCUT2D eigenvalue weighted by atomic mass is 9.95. The first kappa shape index (κ1) is 21.3. The normalized spacial score (nSPS) is 26.4. The van der Waals surface area contributed by atoms with Crippen LogP contribution in [0.25, 0.3) is 0 Å². The minimum Gasteiger partial charge on any atom is -0.338 e. The molecule has 0 bridgehead atoms. The molecular formula is C19H35ClN4O2. The zero-order chi connectivity index (χ0) is 17.6. The highest BCUT2D eigenvalue weighted by Crippen LogP contribution is 2.23. The smallest absolute Gasteiger partial charge is 0.317 e. The molecule has 0 spiro atoms. The molecule has 7 heteroatoms. The predicted molar refractivity (Wildman–Crippen MR) is 106 cm³/mol. The molecule has 2 N–H and O–H groups in total. The number of carbonyl (C=O) groups is 2. The van der Waals surface area contributed by atoms with Crippen molar-refractivity contribution >= 4 is 24.3 Å². The molecule has 0 aromatic carbocycles. The van der Waals surface area contributed by atoms with E-state index in [1.54, 1.807) is 0 Å². The zero-order valence-corrected chi connectivity index (χ0v) is 16.9. The van der Waals surface area contributed by atoms with Crippen LogP contribution < -0.4 is 10.6 Å². The summed E-state index contributed by atoms with van der Waals surface area (Å²) in [6.07, 6.45) is 8.50. The lowest BCUT2D eigenvalue weighted by Gasteiger charge is -2.37. The summed E-state index contributed by atoms with van der Waals surface area (Å²) < 4.78 is 0. The van der Waals surface area contributed by atoms with Crippen LogP contribution in [0.1, 0.15) is 58.3 Å². The maximum atomic E-state index is 13.1. The van der Waals surface area contributed by atoms with Gasteiger partial charge in [-0.3, -0.25) is 4.79 Å². The number of nitrogens with zero attached hydrogens (tertiary/aromatic N) is 2. The maximum Gasteiger partial charge on any atom is 0.317 e. The Labute approximate surface area is 163 Å². The van der Waals surface area contributed by atoms with Crippen LogP contribution >= 0.6 is 12.4 Å². The van der Waals surface area contributed by atoms with E-state index < -0.39 is 0 Å². The number of amides is 3. The second-order valence-corrected chi connectivity index (χ2v) is 7.89. The highest BCUT2D eigenvalue weighted by atomic mass is 35.5. The van der Waals surface area contributed by atoms with E-state index in [1.165, 1.54) is 12.8 Å². The monoisotopic (exact) mass is 386 g/mol. The minimum atomic E-state index is -0.0322. The average molecular weight is 387 g/mol. The Bertz CT molecular complexity index is 464. The number of piperidine rings is 1. The zero-order valence-electron chi connectivity index (χ0n) is 16.0. The molecule has 2 aliphatic heterocycles. The van der Waals surface area contributed by atoms with E-state index in [-0.39, 0.29) is 30.3 Å². The Morgan fingerprint density at radius 1 is 1.15 bits per heavy atom. The van der Waals surface area contributed by atoms with Crippen LogP contribution in [0, 0.1) is 5.92 Å². The van der Waals surface area contributed by atoms with Gasteiger partial charge in [-0.05, 0) is 45.1 Å². The van der Waals surface area contributed by atoms with Gasteiger partial charge in [0.1, 0.15) is 0 Å². The summed E-state index contributed by atoms with van der Waals surface area (Å²) >= 11 is 0. The van der Waals surface area contributed by atoms with E-state index in [0.717, 1.165) is 64.7 Å². The van der Waals surface area contributed by atoms with Gasteiger partial charge in [-0.1, -0.05) is 19.8 Å². The minimum absolute atomic E-state index is 0. The molecule has 0 aromatic heterocycles. The predicted octanol–water partition coefficient (Wildman–Crippen LogP) is 2.37. The summed E-state index contributed by atoms with van der Waals surface area (Å²) in [6, 6.07) is 0.703. The second-order valence-electron chi connectivity index (χ2n) is 7.89. The van der Waals surface area contributed by atoms with E-state index in [4.69, 9.17) is 0 Å². The molecule has 3 amide bonds. The Balaban J connectivity index is 0.00000243. The van der Waals surface area contributed by atoms with Crippen LogP contribution in [0.3, 0.4) is 0 Å². The van der Waals surface area contributed by atoms with Crippen molar-refractivity contribution in [2.24, 2.45) is 5.92 Å². The molecule has 0 radical (unpaired) electrons. The van der Waals surface area contributed by atoms with Gasteiger partial charge in [-0.25, -0.2) is 4.79 Å². The van der Waals surface area contributed by atoms with Gasteiger partial charge in [0.25, 0.3) is 0 Å². The fourth-order valence-corrected chi connectivity index (χ4v) is 4.55. The molecule has 2 atom stereocenters. The van der Waals surface area contributed by atoms with E-state index in [1.807, 2.05) is 4.90 Å². The standard InChI is InChI=1S/C19H34N4O2.ClH/c1-2-11-23(17-9-10-20-13-17)18(24)15-6-5-12-22(14-15)19(25)21-16-7-3-4-8-16;/h15-17,20H,2-14H2,1H3,(H,21,25);1H. The van der Waals surface area contributed by atoms with E-state index >= 15 is 0 Å². The highest BCUT2D eigenvalue weighted by Gasteiger charge is 2.35. The topological polar surface area (TPSA) is 64.7 Å². The van der Waals surface area contributed by atoms with Crippen molar-refractivity contribution < 1.29 is 9.59 Å². The second kappa shape index (κ2) is 10.4. The molecular weight excluding hydrogens is 352 g/mol. The summed E-state index contributed by atoms with van der Waals surface area (Å²) in [5.74, 6) is 0.226. The Morgan fingerprint density at radius 3 is 2.58 bits per heavy atom. The molecule has 150 valence electrons. The molecule has 26 heavy (non-hydrogen) atoms. The van der Waals surface area contributed by atoms with Gasteiger partial charge < -0.3 is 20.4 Å². The van der Waals surface area contributed by atoms with Crippen LogP contribution in [-0.2, 0) is 4.79 Å². The van der Waals surface area contributed by atoms with Crippen molar-refractivity contribution in [3.05, 3.63) is 0 Å². The van der Waals surface area contributed by atoms with E-state index in [9.17, 15) is 9.59 Å². The van der Waals surface area contributed by atoms with Crippen molar-refractivity contribution in [1.82, 2.24) is 20.4 Å². The summed E-state index contributed by atoms with van der Waals surface area (Å²) in [7, 11) is 0. The van der Waals surface area contributed by atoms with Crippen molar-refractivity contribution in [2.75, 3.05) is 32.7 Å². The van der Waals surface area contributed by atoms with Gasteiger partial charge in [0.05, 0.1) is 5.92 Å². The first-order valence-electron chi connectivity index (χ1n) is 10.3. The van der Waals surface area contributed by atoms with Crippen LogP contribution in [0.15, 0.2) is 0 Å². The Kier molecular flexibility index (Phi) is 8.48. The third-order valence-corrected chi connectivity index (χ3v) is 5.96. The lowest BCUT2D eigenvalue weighted by molar-refractivity contribution is -0.139. The summed E-state index contributed by atoms with van der Waals surface area (Å²) in [5, 5.41) is 6.54. The molecule has 3 fully saturated rings. The quantitative estimate of drug-likeness (QED) is 0.762. The van der Waals surface area contributed by atoms with Gasteiger partial charge in [-0.15, -0.1) is 12.4 Å². The molecule has 1 saturated carbocycles. The largest absolute Gasteiger partial charge is 0.338 e. The van der Waals surface area contributed by atoms with Gasteiger partial charge in [-0.2, -0.15) is 0 Å². The Hall–Kier alpha value is -1.01. The van der Waals surface area contributed by atoms with E-state index in [2.05, 4.69) is 22.5 Å². The average Bonchev–Trinajstić information content (AvgIpc) is 3.33. The molecule has 2 unspecified atom stereocenters. The molecule has 0 aromatic rings. The summed E-state index contributed by atoms with van der Waals surface area (Å²) in [4.78, 5) is 29.6. The number of urea groups is 1. The number of likely N-dealkylation sites (tertiary alicyclic amines) is 1. The van der Waals surface area contributed by atoms with Gasteiger partial charge in [0.2, 0.25) is 5.91 Å². The first-order valence-corrected chi connectivity index (χ1v) is 10.3. The molecule has 3 rings (SSSR count). The van der Waals surface area contributed by atoms with Crippen LogP contribution in [-0.4, -0.2) is 66.5 Å². The fourth-order valence-electron chi connectivity index (χ4n) is 4.55. The van der Waals surface area contributed by atoms with Crippen molar-refractivity contribution in [2.45, 2.75) is 70.4 Å². The summed E-state index contributed by atoms with van der Waals surface area (Å²) in [5.41, 5.74) is 0. The summed E-state index contributed by atoms with van der Waals surface area (Å²) in [6.45, 7) is 6.22. The van der Waals surface area contributed by atoms with Crippen LogP contribution in [0.2, 0.25) is 0 Å². The van der Waals surface area contributed by atoms with Gasteiger partial charge in [0.15, 0.2) is 0 Å². The van der Waals surface area contributed by atoms with Crippen molar-refractivity contribution in [3.8, 4) is 0 Å². The van der Waals surface area contributed by atoms with Crippen LogP contribution in [0.5, 0.6) is 0 Å².